The van der Waals surface area contributed by atoms with Crippen LogP contribution in [0.15, 0.2) is 79.0 Å². The summed E-state index contributed by atoms with van der Waals surface area (Å²) in [5.41, 5.74) is 1.64. The van der Waals surface area contributed by atoms with Crippen molar-refractivity contribution in [1.82, 2.24) is 4.98 Å². The molecule has 3 aromatic rings. The fourth-order valence-electron chi connectivity index (χ4n) is 2.75. The van der Waals surface area contributed by atoms with Crippen molar-refractivity contribution < 1.29 is 9.53 Å². The molecule has 4 heteroatoms. The van der Waals surface area contributed by atoms with Gasteiger partial charge in [-0.25, -0.2) is 4.98 Å². The lowest BCUT2D eigenvalue weighted by Crippen LogP contribution is -2.31. The number of benzene rings is 2. The number of carbonyl (C=O) groups excluding carboxylic acids is 1. The van der Waals surface area contributed by atoms with Gasteiger partial charge in [0.25, 0.3) is 5.91 Å². The SMILES string of the molecule is CCCCOc1cccc(C(=O)N(Cc2ccccc2)c2ccccn2)c1. The van der Waals surface area contributed by atoms with Gasteiger partial charge >= 0.3 is 0 Å². The summed E-state index contributed by atoms with van der Waals surface area (Å²) in [5.74, 6) is 1.25. The third-order valence-electron chi connectivity index (χ3n) is 4.20. The van der Waals surface area contributed by atoms with Crippen LogP contribution >= 0.6 is 0 Å². The van der Waals surface area contributed by atoms with E-state index in [0.29, 0.717) is 24.5 Å². The molecule has 0 spiro atoms. The summed E-state index contributed by atoms with van der Waals surface area (Å²) in [4.78, 5) is 19.3. The predicted molar refractivity (Wildman–Crippen MR) is 108 cm³/mol. The van der Waals surface area contributed by atoms with Crippen LogP contribution in [0.1, 0.15) is 35.7 Å². The summed E-state index contributed by atoms with van der Waals surface area (Å²) in [6, 6.07) is 22.9. The van der Waals surface area contributed by atoms with E-state index >= 15 is 0 Å². The van der Waals surface area contributed by atoms with Crippen LogP contribution in [-0.4, -0.2) is 17.5 Å². The van der Waals surface area contributed by atoms with Gasteiger partial charge in [0, 0.05) is 11.8 Å². The Hall–Kier alpha value is -3.14. The van der Waals surface area contributed by atoms with Gasteiger partial charge in [-0.05, 0) is 42.3 Å². The van der Waals surface area contributed by atoms with Crippen LogP contribution in [0.5, 0.6) is 5.75 Å². The van der Waals surface area contributed by atoms with Crippen molar-refractivity contribution in [3.8, 4) is 5.75 Å². The number of rotatable bonds is 8. The molecule has 0 bridgehead atoms. The fraction of sp³-hybridized carbons (Fsp3) is 0.217. The smallest absolute Gasteiger partial charge is 0.259 e. The number of nitrogens with zero attached hydrogens (tertiary/aromatic N) is 2. The second kappa shape index (κ2) is 9.53. The molecule has 0 fully saturated rings. The Balaban J connectivity index is 1.85. The maximum absolute atomic E-state index is 13.3. The number of aromatic nitrogens is 1. The molecule has 0 saturated heterocycles. The van der Waals surface area contributed by atoms with Gasteiger partial charge in [0.05, 0.1) is 13.2 Å². The molecule has 138 valence electrons. The van der Waals surface area contributed by atoms with Crippen LogP contribution in [0.25, 0.3) is 0 Å². The Morgan fingerprint density at radius 2 is 1.81 bits per heavy atom. The van der Waals surface area contributed by atoms with Gasteiger partial charge in [0.2, 0.25) is 0 Å². The van der Waals surface area contributed by atoms with E-state index in [1.807, 2.05) is 66.7 Å². The minimum atomic E-state index is -0.0986. The molecule has 27 heavy (non-hydrogen) atoms. The molecule has 0 saturated carbocycles. The van der Waals surface area contributed by atoms with Crippen molar-refractivity contribution in [3.63, 3.8) is 0 Å². The van der Waals surface area contributed by atoms with Crippen LogP contribution in [0.3, 0.4) is 0 Å². The molecular weight excluding hydrogens is 336 g/mol. The first kappa shape index (κ1) is 18.6. The zero-order valence-corrected chi connectivity index (χ0v) is 15.5. The summed E-state index contributed by atoms with van der Waals surface area (Å²) in [6.07, 6.45) is 3.76. The Bertz CT molecular complexity index is 851. The van der Waals surface area contributed by atoms with Gasteiger partial charge in [-0.3, -0.25) is 9.69 Å². The minimum absolute atomic E-state index is 0.0986. The van der Waals surface area contributed by atoms with Crippen molar-refractivity contribution in [3.05, 3.63) is 90.1 Å². The Kier molecular flexibility index (Phi) is 6.58. The van der Waals surface area contributed by atoms with Gasteiger partial charge in [-0.2, -0.15) is 0 Å². The second-order valence-electron chi connectivity index (χ2n) is 6.29. The molecule has 2 aromatic carbocycles. The summed E-state index contributed by atoms with van der Waals surface area (Å²) in [7, 11) is 0. The molecule has 0 aliphatic rings. The molecule has 1 heterocycles. The Morgan fingerprint density at radius 3 is 2.56 bits per heavy atom. The number of unbranched alkanes of at least 4 members (excludes halogenated alkanes) is 1. The van der Waals surface area contributed by atoms with E-state index in [2.05, 4.69) is 11.9 Å². The average molecular weight is 360 g/mol. The van der Waals surface area contributed by atoms with Crippen molar-refractivity contribution in [2.24, 2.45) is 0 Å². The third kappa shape index (κ3) is 5.17. The zero-order valence-electron chi connectivity index (χ0n) is 15.5. The first-order chi connectivity index (χ1) is 13.3. The van der Waals surface area contributed by atoms with Crippen LogP contribution < -0.4 is 9.64 Å². The van der Waals surface area contributed by atoms with E-state index in [-0.39, 0.29) is 5.91 Å². The lowest BCUT2D eigenvalue weighted by atomic mass is 10.1. The number of carbonyl (C=O) groups is 1. The molecule has 1 amide bonds. The number of pyridine rings is 1. The van der Waals surface area contributed by atoms with E-state index in [4.69, 9.17) is 4.74 Å². The summed E-state index contributed by atoms with van der Waals surface area (Å²) >= 11 is 0. The van der Waals surface area contributed by atoms with Crippen LogP contribution in [0.2, 0.25) is 0 Å². The lowest BCUT2D eigenvalue weighted by Gasteiger charge is -2.22. The van der Waals surface area contributed by atoms with Crippen LogP contribution in [0, 0.1) is 0 Å². The number of hydrogen-bond acceptors (Lipinski definition) is 3. The average Bonchev–Trinajstić information content (AvgIpc) is 2.73. The van der Waals surface area contributed by atoms with Gasteiger partial charge < -0.3 is 4.74 Å². The number of amides is 1. The molecular formula is C23H24N2O2. The Labute approximate surface area is 160 Å². The maximum Gasteiger partial charge on any atom is 0.259 e. The number of anilines is 1. The van der Waals surface area contributed by atoms with Crippen molar-refractivity contribution in [2.45, 2.75) is 26.3 Å². The van der Waals surface area contributed by atoms with Gasteiger partial charge in [0.15, 0.2) is 0 Å². The summed E-state index contributed by atoms with van der Waals surface area (Å²) in [6.45, 7) is 3.23. The Morgan fingerprint density at radius 1 is 1.00 bits per heavy atom. The summed E-state index contributed by atoms with van der Waals surface area (Å²) < 4.78 is 5.75. The highest BCUT2D eigenvalue weighted by molar-refractivity contribution is 6.05. The molecule has 3 rings (SSSR count). The molecule has 0 aliphatic heterocycles. The molecule has 0 aliphatic carbocycles. The van der Waals surface area contributed by atoms with E-state index in [1.54, 1.807) is 17.2 Å². The minimum Gasteiger partial charge on any atom is -0.494 e. The van der Waals surface area contributed by atoms with Gasteiger partial charge in [-0.1, -0.05) is 55.8 Å². The second-order valence-corrected chi connectivity index (χ2v) is 6.29. The molecule has 0 radical (unpaired) electrons. The molecule has 0 N–H and O–H groups in total. The van der Waals surface area contributed by atoms with E-state index in [1.165, 1.54) is 0 Å². The fourth-order valence-corrected chi connectivity index (χ4v) is 2.75. The quantitative estimate of drug-likeness (QED) is 0.524. The van der Waals surface area contributed by atoms with E-state index in [9.17, 15) is 4.79 Å². The first-order valence-corrected chi connectivity index (χ1v) is 9.27. The van der Waals surface area contributed by atoms with Gasteiger partial charge in [0.1, 0.15) is 11.6 Å². The van der Waals surface area contributed by atoms with E-state index in [0.717, 1.165) is 24.2 Å². The van der Waals surface area contributed by atoms with E-state index < -0.39 is 0 Å². The molecule has 0 unspecified atom stereocenters. The monoisotopic (exact) mass is 360 g/mol. The van der Waals surface area contributed by atoms with Crippen molar-refractivity contribution in [2.75, 3.05) is 11.5 Å². The van der Waals surface area contributed by atoms with Gasteiger partial charge in [-0.15, -0.1) is 0 Å². The standard InChI is InChI=1S/C23H24N2O2/c1-2-3-16-27-21-13-9-12-20(17-21)23(26)25(22-14-7-8-15-24-22)18-19-10-5-4-6-11-19/h4-15,17H,2-3,16,18H2,1H3. The van der Waals surface area contributed by atoms with Crippen molar-refractivity contribution in [1.29, 1.82) is 0 Å². The molecule has 0 atom stereocenters. The third-order valence-corrected chi connectivity index (χ3v) is 4.20. The number of hydrogen-bond donors (Lipinski definition) is 0. The highest BCUT2D eigenvalue weighted by atomic mass is 16.5. The zero-order chi connectivity index (χ0) is 18.9. The highest BCUT2D eigenvalue weighted by Crippen LogP contribution is 2.20. The summed E-state index contributed by atoms with van der Waals surface area (Å²) in [5, 5.41) is 0. The highest BCUT2D eigenvalue weighted by Gasteiger charge is 2.19. The largest absolute Gasteiger partial charge is 0.494 e. The first-order valence-electron chi connectivity index (χ1n) is 9.27. The van der Waals surface area contributed by atoms with Crippen LogP contribution in [0.4, 0.5) is 5.82 Å². The maximum atomic E-state index is 13.3. The predicted octanol–water partition coefficient (Wildman–Crippen LogP) is 5.11. The normalized spacial score (nSPS) is 10.4. The molecule has 4 nitrogen and oxygen atoms in total. The van der Waals surface area contributed by atoms with Crippen molar-refractivity contribution >= 4 is 11.7 Å². The molecule has 1 aromatic heterocycles. The van der Waals surface area contributed by atoms with Crippen LogP contribution in [-0.2, 0) is 6.54 Å². The number of ether oxygens (including phenoxy) is 1. The topological polar surface area (TPSA) is 42.4 Å². The lowest BCUT2D eigenvalue weighted by molar-refractivity contribution is 0.0984.